The van der Waals surface area contributed by atoms with E-state index in [1.54, 1.807) is 6.08 Å². The highest BCUT2D eigenvalue weighted by atomic mass is 16.3. The van der Waals surface area contributed by atoms with E-state index in [1.807, 2.05) is 44.2 Å². The molecule has 0 spiro atoms. The Balaban J connectivity index is 3.08. The fourth-order valence-electron chi connectivity index (χ4n) is 1.85. The summed E-state index contributed by atoms with van der Waals surface area (Å²) in [5.74, 6) is 0. The Labute approximate surface area is 113 Å². The summed E-state index contributed by atoms with van der Waals surface area (Å²) in [5, 5.41) is 26.5. The normalized spacial score (nSPS) is 9.32. The van der Waals surface area contributed by atoms with Gasteiger partial charge in [-0.3, -0.25) is 0 Å². The molecule has 0 aliphatic rings. The third-order valence-corrected chi connectivity index (χ3v) is 2.91. The van der Waals surface area contributed by atoms with Gasteiger partial charge in [-0.2, -0.15) is 10.5 Å². The lowest BCUT2D eigenvalue weighted by atomic mass is 10.0. The van der Waals surface area contributed by atoms with Crippen molar-refractivity contribution in [3.05, 3.63) is 34.9 Å². The lowest BCUT2D eigenvalue weighted by Crippen LogP contribution is -2.26. The van der Waals surface area contributed by atoms with E-state index in [0.29, 0.717) is 6.54 Å². The van der Waals surface area contributed by atoms with Gasteiger partial charge in [0.2, 0.25) is 0 Å². The summed E-state index contributed by atoms with van der Waals surface area (Å²) in [6.07, 6.45) is 1.58. The predicted molar refractivity (Wildman–Crippen MR) is 75.4 cm³/mol. The van der Waals surface area contributed by atoms with Crippen LogP contribution < -0.4 is 4.90 Å². The lowest BCUT2D eigenvalue weighted by Gasteiger charge is -2.22. The number of allylic oxidation sites excluding steroid dienone is 1. The minimum Gasteiger partial charge on any atom is -0.395 e. The molecular weight excluding hydrogens is 238 g/mol. The zero-order valence-corrected chi connectivity index (χ0v) is 11.2. The Hall–Kier alpha value is -2.30. The summed E-state index contributed by atoms with van der Waals surface area (Å²) < 4.78 is 0. The van der Waals surface area contributed by atoms with Crippen LogP contribution in [0.2, 0.25) is 0 Å². The molecule has 19 heavy (non-hydrogen) atoms. The van der Waals surface area contributed by atoms with Gasteiger partial charge in [0.1, 0.15) is 17.7 Å². The van der Waals surface area contributed by atoms with Gasteiger partial charge in [-0.05, 0) is 43.2 Å². The van der Waals surface area contributed by atoms with E-state index in [1.165, 1.54) is 0 Å². The van der Waals surface area contributed by atoms with Gasteiger partial charge in [0.15, 0.2) is 0 Å². The van der Waals surface area contributed by atoms with Gasteiger partial charge in [0, 0.05) is 18.8 Å². The Kier molecular flexibility index (Phi) is 5.60. The van der Waals surface area contributed by atoms with E-state index in [4.69, 9.17) is 15.6 Å². The SMILES string of the molecule is CCN(CCO)c1ccc(C=C(C#N)C#N)c(C)c1. The highest BCUT2D eigenvalue weighted by Gasteiger charge is 2.05. The van der Waals surface area contributed by atoms with E-state index in [9.17, 15) is 0 Å². The monoisotopic (exact) mass is 255 g/mol. The number of likely N-dealkylation sites (N-methyl/N-ethyl adjacent to an activating group) is 1. The standard InChI is InChI=1S/C15H17N3O/c1-3-18(6-7-19)15-5-4-14(12(2)8-15)9-13(10-16)11-17/h4-5,8-9,19H,3,6-7H2,1-2H3. The maximum absolute atomic E-state index is 9.01. The lowest BCUT2D eigenvalue weighted by molar-refractivity contribution is 0.302. The van der Waals surface area contributed by atoms with Crippen molar-refractivity contribution >= 4 is 11.8 Å². The van der Waals surface area contributed by atoms with Crippen LogP contribution in [0, 0.1) is 29.6 Å². The largest absolute Gasteiger partial charge is 0.395 e. The number of nitriles is 2. The van der Waals surface area contributed by atoms with Gasteiger partial charge >= 0.3 is 0 Å². The number of hydrogen-bond acceptors (Lipinski definition) is 4. The molecule has 0 radical (unpaired) electrons. The van der Waals surface area contributed by atoms with Crippen LogP contribution in [0.5, 0.6) is 0 Å². The minimum atomic E-state index is 0.0959. The molecule has 4 nitrogen and oxygen atoms in total. The number of hydrogen-bond donors (Lipinski definition) is 1. The van der Waals surface area contributed by atoms with Crippen molar-refractivity contribution in [2.45, 2.75) is 13.8 Å². The maximum Gasteiger partial charge on any atom is 0.130 e. The van der Waals surface area contributed by atoms with Gasteiger partial charge in [-0.1, -0.05) is 6.07 Å². The Morgan fingerprint density at radius 3 is 2.53 bits per heavy atom. The fraction of sp³-hybridized carbons (Fsp3) is 0.333. The quantitative estimate of drug-likeness (QED) is 0.819. The molecule has 0 heterocycles. The summed E-state index contributed by atoms with van der Waals surface area (Å²) in [7, 11) is 0. The van der Waals surface area contributed by atoms with Gasteiger partial charge in [0.05, 0.1) is 6.61 Å². The van der Waals surface area contributed by atoms with E-state index >= 15 is 0 Å². The zero-order valence-electron chi connectivity index (χ0n) is 11.2. The average molecular weight is 255 g/mol. The summed E-state index contributed by atoms with van der Waals surface area (Å²) in [4.78, 5) is 2.07. The van der Waals surface area contributed by atoms with Crippen molar-refractivity contribution in [1.29, 1.82) is 10.5 Å². The summed E-state index contributed by atoms with van der Waals surface area (Å²) in [6.45, 7) is 5.49. The number of aliphatic hydroxyl groups excluding tert-OH is 1. The van der Waals surface area contributed by atoms with Crippen LogP contribution in [0.25, 0.3) is 6.08 Å². The number of anilines is 1. The van der Waals surface area contributed by atoms with Crippen LogP contribution in [0.4, 0.5) is 5.69 Å². The molecular formula is C15H17N3O. The molecule has 0 fully saturated rings. The van der Waals surface area contributed by atoms with Crippen LogP contribution in [0.15, 0.2) is 23.8 Å². The first-order chi connectivity index (χ1) is 9.15. The molecule has 0 aromatic heterocycles. The Morgan fingerprint density at radius 2 is 2.05 bits per heavy atom. The van der Waals surface area contributed by atoms with Gasteiger partial charge in [-0.15, -0.1) is 0 Å². The van der Waals surface area contributed by atoms with Gasteiger partial charge < -0.3 is 10.0 Å². The second-order valence-corrected chi connectivity index (χ2v) is 4.13. The topological polar surface area (TPSA) is 71.0 Å². The van der Waals surface area contributed by atoms with Gasteiger partial charge in [-0.25, -0.2) is 0 Å². The first-order valence-electron chi connectivity index (χ1n) is 6.14. The first kappa shape index (κ1) is 14.8. The average Bonchev–Trinajstić information content (AvgIpc) is 2.43. The highest BCUT2D eigenvalue weighted by Crippen LogP contribution is 2.20. The fourth-order valence-corrected chi connectivity index (χ4v) is 1.85. The van der Waals surface area contributed by atoms with Crippen LogP contribution in [-0.4, -0.2) is 24.8 Å². The number of benzene rings is 1. The van der Waals surface area contributed by atoms with Crippen LogP contribution in [0.3, 0.4) is 0 Å². The zero-order chi connectivity index (χ0) is 14.3. The molecule has 0 saturated heterocycles. The molecule has 0 saturated carbocycles. The second kappa shape index (κ2) is 7.20. The third-order valence-electron chi connectivity index (χ3n) is 2.91. The molecule has 1 aromatic rings. The predicted octanol–water partition coefficient (Wildman–Crippen LogP) is 2.24. The molecule has 0 amide bonds. The molecule has 0 aliphatic carbocycles. The Bertz CT molecular complexity index is 533. The van der Waals surface area contributed by atoms with Crippen molar-refractivity contribution in [3.8, 4) is 12.1 Å². The number of aliphatic hydroxyl groups is 1. The van der Waals surface area contributed by atoms with E-state index < -0.39 is 0 Å². The molecule has 0 aliphatic heterocycles. The van der Waals surface area contributed by atoms with Crippen molar-refractivity contribution in [1.82, 2.24) is 0 Å². The third kappa shape index (κ3) is 3.84. The molecule has 0 bridgehead atoms. The smallest absolute Gasteiger partial charge is 0.130 e. The van der Waals surface area contributed by atoms with Crippen molar-refractivity contribution in [2.75, 3.05) is 24.6 Å². The number of aryl methyl sites for hydroxylation is 1. The number of nitrogens with zero attached hydrogens (tertiary/aromatic N) is 3. The minimum absolute atomic E-state index is 0.0959. The van der Waals surface area contributed by atoms with E-state index in [-0.39, 0.29) is 12.2 Å². The van der Waals surface area contributed by atoms with Crippen molar-refractivity contribution < 1.29 is 5.11 Å². The molecule has 98 valence electrons. The Morgan fingerprint density at radius 1 is 1.37 bits per heavy atom. The molecule has 1 N–H and O–H groups in total. The molecule has 4 heteroatoms. The second-order valence-electron chi connectivity index (χ2n) is 4.13. The maximum atomic E-state index is 9.01. The molecule has 0 unspecified atom stereocenters. The van der Waals surface area contributed by atoms with Gasteiger partial charge in [0.25, 0.3) is 0 Å². The summed E-state index contributed by atoms with van der Waals surface area (Å²) in [6, 6.07) is 9.53. The summed E-state index contributed by atoms with van der Waals surface area (Å²) in [5.41, 5.74) is 2.99. The molecule has 1 aromatic carbocycles. The molecule has 1 rings (SSSR count). The number of rotatable bonds is 5. The van der Waals surface area contributed by atoms with Crippen LogP contribution in [-0.2, 0) is 0 Å². The van der Waals surface area contributed by atoms with Crippen LogP contribution >= 0.6 is 0 Å². The van der Waals surface area contributed by atoms with Crippen LogP contribution in [0.1, 0.15) is 18.1 Å². The van der Waals surface area contributed by atoms with E-state index in [2.05, 4.69) is 4.90 Å². The highest BCUT2D eigenvalue weighted by molar-refractivity contribution is 5.66. The van der Waals surface area contributed by atoms with Crippen molar-refractivity contribution in [2.24, 2.45) is 0 Å². The molecule has 0 atom stereocenters. The van der Waals surface area contributed by atoms with E-state index in [0.717, 1.165) is 23.4 Å². The first-order valence-corrected chi connectivity index (χ1v) is 6.14. The van der Waals surface area contributed by atoms with Crippen molar-refractivity contribution in [3.63, 3.8) is 0 Å². The summed E-state index contributed by atoms with van der Waals surface area (Å²) >= 11 is 0.